The van der Waals surface area contributed by atoms with Crippen molar-refractivity contribution in [2.75, 3.05) is 20.8 Å². The Balaban J connectivity index is 1.81. The fraction of sp³-hybridized carbons (Fsp3) is 0.250. The van der Waals surface area contributed by atoms with Crippen molar-refractivity contribution < 1.29 is 9.47 Å². The van der Waals surface area contributed by atoms with Gasteiger partial charge in [-0.25, -0.2) is 0 Å². The van der Waals surface area contributed by atoms with E-state index in [0.717, 1.165) is 47.6 Å². The number of hydrogen-bond acceptors (Lipinski definition) is 3. The largest absolute Gasteiger partial charge is 0.496 e. The van der Waals surface area contributed by atoms with E-state index in [2.05, 4.69) is 87.6 Å². The van der Waals surface area contributed by atoms with Crippen LogP contribution in [-0.4, -0.2) is 25.7 Å². The summed E-state index contributed by atoms with van der Waals surface area (Å²) in [7, 11) is 3.37. The van der Waals surface area contributed by atoms with Crippen LogP contribution in [0, 0.1) is 0 Å². The lowest BCUT2D eigenvalue weighted by molar-refractivity contribution is 0.255. The third kappa shape index (κ3) is 5.60. The second kappa shape index (κ2) is 10.3. The van der Waals surface area contributed by atoms with Crippen molar-refractivity contribution in [3.63, 3.8) is 0 Å². The summed E-state index contributed by atoms with van der Waals surface area (Å²) in [5.74, 6) is 1.62. The molecule has 3 nitrogen and oxygen atoms in total. The third-order valence-electron chi connectivity index (χ3n) is 4.76. The van der Waals surface area contributed by atoms with Gasteiger partial charge in [-0.1, -0.05) is 60.7 Å². The fourth-order valence-electron chi connectivity index (χ4n) is 3.27. The van der Waals surface area contributed by atoms with Gasteiger partial charge in [0.2, 0.25) is 0 Å². The van der Waals surface area contributed by atoms with Gasteiger partial charge in [-0.2, -0.15) is 0 Å². The minimum Gasteiger partial charge on any atom is -0.496 e. The number of ether oxygens (including phenoxy) is 2. The van der Waals surface area contributed by atoms with Gasteiger partial charge in [-0.05, 0) is 39.5 Å². The third-order valence-corrected chi connectivity index (χ3v) is 5.38. The summed E-state index contributed by atoms with van der Waals surface area (Å²) < 4.78 is 12.0. The first kappa shape index (κ1) is 20.4. The molecular weight excluding hydrogens is 414 g/mol. The fourth-order valence-corrected chi connectivity index (χ4v) is 3.83. The van der Waals surface area contributed by atoms with Gasteiger partial charge in [0.15, 0.2) is 0 Å². The highest BCUT2D eigenvalue weighted by Crippen LogP contribution is 2.33. The van der Waals surface area contributed by atoms with Crippen molar-refractivity contribution in [3.8, 4) is 11.5 Å². The standard InChI is InChI=1S/C24H26BrNO2/c1-27-23-16-24(28-2)22(25)15-21(23)18-26(17-20-11-7-4-8-12-20)14-13-19-9-5-3-6-10-19/h3-12,15-16H,13-14,17-18H2,1-2H3. The summed E-state index contributed by atoms with van der Waals surface area (Å²) in [6.07, 6.45) is 1.01. The molecule has 28 heavy (non-hydrogen) atoms. The normalized spacial score (nSPS) is 10.9. The maximum atomic E-state index is 5.63. The highest BCUT2D eigenvalue weighted by atomic mass is 79.9. The first-order valence-electron chi connectivity index (χ1n) is 9.40. The van der Waals surface area contributed by atoms with E-state index in [-0.39, 0.29) is 0 Å². The molecule has 0 radical (unpaired) electrons. The number of methoxy groups -OCH3 is 2. The zero-order valence-corrected chi connectivity index (χ0v) is 18.0. The van der Waals surface area contributed by atoms with E-state index in [0.29, 0.717) is 0 Å². The smallest absolute Gasteiger partial charge is 0.136 e. The molecule has 3 aromatic rings. The van der Waals surface area contributed by atoms with Crippen LogP contribution in [0.5, 0.6) is 11.5 Å². The lowest BCUT2D eigenvalue weighted by atomic mass is 10.1. The Hall–Kier alpha value is -2.30. The van der Waals surface area contributed by atoms with E-state index in [1.807, 2.05) is 6.07 Å². The van der Waals surface area contributed by atoms with Crippen molar-refractivity contribution in [2.45, 2.75) is 19.5 Å². The molecule has 0 N–H and O–H groups in total. The average molecular weight is 440 g/mol. The Kier molecular flexibility index (Phi) is 7.52. The number of halogens is 1. The quantitative estimate of drug-likeness (QED) is 0.425. The van der Waals surface area contributed by atoms with E-state index < -0.39 is 0 Å². The molecule has 0 fully saturated rings. The number of hydrogen-bond donors (Lipinski definition) is 0. The van der Waals surface area contributed by atoms with Gasteiger partial charge in [-0.15, -0.1) is 0 Å². The van der Waals surface area contributed by atoms with Crippen molar-refractivity contribution in [3.05, 3.63) is 94.0 Å². The van der Waals surface area contributed by atoms with Crippen LogP contribution in [0.1, 0.15) is 16.7 Å². The van der Waals surface area contributed by atoms with Gasteiger partial charge >= 0.3 is 0 Å². The summed E-state index contributed by atoms with van der Waals surface area (Å²) in [4.78, 5) is 2.46. The van der Waals surface area contributed by atoms with Gasteiger partial charge in [0.25, 0.3) is 0 Å². The van der Waals surface area contributed by atoms with Gasteiger partial charge in [-0.3, -0.25) is 4.90 Å². The number of nitrogens with zero attached hydrogens (tertiary/aromatic N) is 1. The molecule has 146 valence electrons. The molecule has 0 bridgehead atoms. The van der Waals surface area contributed by atoms with E-state index >= 15 is 0 Å². The van der Waals surface area contributed by atoms with Crippen molar-refractivity contribution in [2.24, 2.45) is 0 Å². The Bertz CT molecular complexity index is 869. The summed E-state index contributed by atoms with van der Waals surface area (Å²) >= 11 is 3.60. The summed E-state index contributed by atoms with van der Waals surface area (Å²) in [6.45, 7) is 2.65. The molecule has 3 rings (SSSR count). The zero-order chi connectivity index (χ0) is 19.8. The molecule has 0 atom stereocenters. The second-order valence-electron chi connectivity index (χ2n) is 6.73. The lowest BCUT2D eigenvalue weighted by Gasteiger charge is -2.24. The Morgan fingerprint density at radius 3 is 1.96 bits per heavy atom. The van der Waals surface area contributed by atoms with Crippen LogP contribution in [0.4, 0.5) is 0 Å². The van der Waals surface area contributed by atoms with Crippen molar-refractivity contribution in [1.29, 1.82) is 0 Å². The highest BCUT2D eigenvalue weighted by molar-refractivity contribution is 9.10. The molecule has 4 heteroatoms. The molecule has 0 spiro atoms. The molecule has 0 aromatic heterocycles. The maximum absolute atomic E-state index is 5.63. The van der Waals surface area contributed by atoms with E-state index in [1.54, 1.807) is 14.2 Å². The van der Waals surface area contributed by atoms with Gasteiger partial charge < -0.3 is 9.47 Å². The number of rotatable bonds is 9. The molecular formula is C24H26BrNO2. The van der Waals surface area contributed by atoms with Crippen LogP contribution in [0.15, 0.2) is 77.3 Å². The predicted octanol–water partition coefficient (Wildman–Crippen LogP) is 5.71. The van der Waals surface area contributed by atoms with Crippen LogP contribution < -0.4 is 9.47 Å². The monoisotopic (exact) mass is 439 g/mol. The summed E-state index contributed by atoms with van der Waals surface area (Å²) in [5, 5.41) is 0. The molecule has 0 aliphatic heterocycles. The molecule has 0 saturated carbocycles. The maximum Gasteiger partial charge on any atom is 0.136 e. The van der Waals surface area contributed by atoms with Gasteiger partial charge in [0, 0.05) is 31.3 Å². The van der Waals surface area contributed by atoms with E-state index in [1.165, 1.54) is 11.1 Å². The average Bonchev–Trinajstić information content (AvgIpc) is 2.74. The van der Waals surface area contributed by atoms with E-state index in [9.17, 15) is 0 Å². The van der Waals surface area contributed by atoms with Gasteiger partial charge in [0.05, 0.1) is 18.7 Å². The number of benzene rings is 3. The Morgan fingerprint density at radius 2 is 1.36 bits per heavy atom. The molecule has 0 aliphatic rings. The Labute approximate surface area is 176 Å². The lowest BCUT2D eigenvalue weighted by Crippen LogP contribution is -2.25. The molecule has 0 unspecified atom stereocenters. The van der Waals surface area contributed by atoms with E-state index in [4.69, 9.17) is 9.47 Å². The summed E-state index contributed by atoms with van der Waals surface area (Å²) in [5.41, 5.74) is 3.80. The first-order valence-corrected chi connectivity index (χ1v) is 10.2. The van der Waals surface area contributed by atoms with Crippen molar-refractivity contribution in [1.82, 2.24) is 4.90 Å². The van der Waals surface area contributed by atoms with Crippen molar-refractivity contribution >= 4 is 15.9 Å². The van der Waals surface area contributed by atoms with Crippen LogP contribution >= 0.6 is 15.9 Å². The second-order valence-corrected chi connectivity index (χ2v) is 7.58. The minimum atomic E-state index is 0.777. The van der Waals surface area contributed by atoms with Crippen LogP contribution in [-0.2, 0) is 19.5 Å². The molecule has 0 saturated heterocycles. The molecule has 3 aromatic carbocycles. The molecule has 0 aliphatic carbocycles. The Morgan fingerprint density at radius 1 is 0.750 bits per heavy atom. The topological polar surface area (TPSA) is 21.7 Å². The van der Waals surface area contributed by atoms with Crippen LogP contribution in [0.2, 0.25) is 0 Å². The summed E-state index contributed by atoms with van der Waals surface area (Å²) in [6, 6.07) is 25.3. The SMILES string of the molecule is COc1cc(OC)c(CN(CCc2ccccc2)Cc2ccccc2)cc1Br. The zero-order valence-electron chi connectivity index (χ0n) is 16.4. The van der Waals surface area contributed by atoms with Crippen LogP contribution in [0.3, 0.4) is 0 Å². The molecule has 0 heterocycles. The first-order chi connectivity index (χ1) is 13.7. The van der Waals surface area contributed by atoms with Gasteiger partial charge in [0.1, 0.15) is 11.5 Å². The van der Waals surface area contributed by atoms with Crippen LogP contribution in [0.25, 0.3) is 0 Å². The molecule has 0 amide bonds. The predicted molar refractivity (Wildman–Crippen MR) is 118 cm³/mol. The highest BCUT2D eigenvalue weighted by Gasteiger charge is 2.14. The minimum absolute atomic E-state index is 0.777.